The van der Waals surface area contributed by atoms with Gasteiger partial charge in [0.05, 0.1) is 20.2 Å². The van der Waals surface area contributed by atoms with E-state index in [9.17, 15) is 5.21 Å². The Morgan fingerprint density at radius 1 is 1.18 bits per heavy atom. The smallest absolute Gasteiger partial charge is 0.271 e. The molecule has 1 aliphatic rings. The van der Waals surface area contributed by atoms with E-state index >= 15 is 0 Å². The second kappa shape index (κ2) is 11.1. The van der Waals surface area contributed by atoms with Crippen molar-refractivity contribution in [1.29, 1.82) is 5.41 Å². The Balaban J connectivity index is 2.54. The van der Waals surface area contributed by atoms with Gasteiger partial charge >= 0.3 is 0 Å². The molecule has 1 rings (SSSR count). The minimum Gasteiger partial charge on any atom is -0.484 e. The van der Waals surface area contributed by atoms with Gasteiger partial charge in [-0.2, -0.15) is 0 Å². The van der Waals surface area contributed by atoms with E-state index in [2.05, 4.69) is 5.28 Å². The highest BCUT2D eigenvalue weighted by molar-refractivity contribution is 5.72. The molecule has 1 fully saturated rings. The summed E-state index contributed by atoms with van der Waals surface area (Å²) in [5, 5.41) is 30.4. The normalized spacial score (nSPS) is 18.7. The fraction of sp³-hybridized carbons (Fsp3) is 0.933. The van der Waals surface area contributed by atoms with E-state index in [1.165, 1.54) is 52.1 Å². The predicted octanol–water partition coefficient (Wildman–Crippen LogP) is 3.60. The maximum atomic E-state index is 9.69. The highest BCUT2D eigenvalue weighted by Crippen LogP contribution is 2.22. The maximum Gasteiger partial charge on any atom is 0.271 e. The second-order valence-corrected chi connectivity index (χ2v) is 6.07. The Hall–Kier alpha value is -1.53. The minimum absolute atomic E-state index is 0.155. The van der Waals surface area contributed by atoms with Gasteiger partial charge in [-0.3, -0.25) is 5.41 Å². The number of nitrogens with one attached hydrogen (secondary N) is 1. The summed E-state index contributed by atoms with van der Waals surface area (Å²) in [6.07, 6.45) is 11.6. The number of hydrazine groups is 1. The lowest BCUT2D eigenvalue weighted by molar-refractivity contribution is -0.941. The number of rotatable bonds is 6. The summed E-state index contributed by atoms with van der Waals surface area (Å²) in [6.45, 7) is 1.03. The first-order chi connectivity index (χ1) is 10.7. The minimum atomic E-state index is 0.155. The van der Waals surface area contributed by atoms with Crippen molar-refractivity contribution in [3.8, 4) is 0 Å². The van der Waals surface area contributed by atoms with Gasteiger partial charge in [-0.05, 0) is 18.8 Å². The molecule has 1 aliphatic carbocycles. The Morgan fingerprint density at radius 2 is 1.73 bits per heavy atom. The second-order valence-electron chi connectivity index (χ2n) is 6.07. The standard InChI is InChI=1S/C15H30N4O3/c1-22-15(16)11-12-18(19(21)17-20)13-14-9-7-5-3-2-4-6-8-10-14/h14,16,21H,2-13H2,1H3/p+1. The molecule has 7 nitrogen and oxygen atoms in total. The quantitative estimate of drug-likeness (QED) is 0.229. The Kier molecular flexibility index (Phi) is 9.34. The first-order valence-corrected chi connectivity index (χ1v) is 8.37. The van der Waals surface area contributed by atoms with Crippen LogP contribution in [0.5, 0.6) is 0 Å². The molecule has 0 spiro atoms. The van der Waals surface area contributed by atoms with Crippen LogP contribution in [-0.4, -0.2) is 46.5 Å². The molecule has 0 aromatic carbocycles. The van der Waals surface area contributed by atoms with Crippen molar-refractivity contribution >= 4 is 5.90 Å². The van der Waals surface area contributed by atoms with Crippen molar-refractivity contribution in [2.24, 2.45) is 11.2 Å². The van der Waals surface area contributed by atoms with Crippen LogP contribution in [0.25, 0.3) is 0 Å². The van der Waals surface area contributed by atoms with Gasteiger partial charge in [-0.15, -0.1) is 5.01 Å². The van der Waals surface area contributed by atoms with Gasteiger partial charge in [0.15, 0.2) is 5.90 Å². The largest absolute Gasteiger partial charge is 0.484 e. The molecule has 3 N–H and O–H groups in total. The van der Waals surface area contributed by atoms with Crippen molar-refractivity contribution in [3.63, 3.8) is 0 Å². The summed E-state index contributed by atoms with van der Waals surface area (Å²) >= 11 is 0. The number of nitrogens with zero attached hydrogens (tertiary/aromatic N) is 3. The zero-order valence-corrected chi connectivity index (χ0v) is 13.7. The van der Waals surface area contributed by atoms with E-state index in [1.807, 2.05) is 0 Å². The summed E-state index contributed by atoms with van der Waals surface area (Å²) < 4.78 is 4.83. The average molecular weight is 315 g/mol. The number of hydrogen-bond acceptors (Lipinski definition) is 3. The van der Waals surface area contributed by atoms with E-state index in [4.69, 9.17) is 15.4 Å². The Bertz CT molecular complexity index is 340. The number of methoxy groups -OCH3 is 1. The third-order valence-corrected chi connectivity index (χ3v) is 4.37. The summed E-state index contributed by atoms with van der Waals surface area (Å²) in [5.74, 6) is 0.633. The Labute approximate surface area is 133 Å². The van der Waals surface area contributed by atoms with Crippen LogP contribution in [-0.2, 0) is 4.74 Å². The van der Waals surface area contributed by atoms with Crippen molar-refractivity contribution < 1.29 is 20.1 Å². The summed E-state index contributed by atoms with van der Waals surface area (Å²) in [4.78, 5) is 0.488. The third kappa shape index (κ3) is 7.47. The van der Waals surface area contributed by atoms with Crippen molar-refractivity contribution in [2.45, 2.75) is 64.2 Å². The molecule has 22 heavy (non-hydrogen) atoms. The average Bonchev–Trinajstić information content (AvgIpc) is 2.55. The van der Waals surface area contributed by atoms with E-state index in [0.29, 0.717) is 30.4 Å². The predicted molar refractivity (Wildman–Crippen MR) is 82.2 cm³/mol. The molecule has 0 amide bonds. The van der Waals surface area contributed by atoms with Crippen LogP contribution in [0.4, 0.5) is 0 Å². The van der Waals surface area contributed by atoms with E-state index in [1.54, 1.807) is 5.01 Å². The highest BCUT2D eigenvalue weighted by Gasteiger charge is 2.24. The summed E-state index contributed by atoms with van der Waals surface area (Å²) in [6, 6.07) is 0. The van der Waals surface area contributed by atoms with Crippen LogP contribution in [0.3, 0.4) is 0 Å². The van der Waals surface area contributed by atoms with Crippen LogP contribution in [0.2, 0.25) is 0 Å². The molecule has 0 aromatic heterocycles. The van der Waals surface area contributed by atoms with Crippen LogP contribution < -0.4 is 0 Å². The fourth-order valence-corrected chi connectivity index (χ4v) is 3.02. The lowest BCUT2D eigenvalue weighted by Crippen LogP contribution is -2.38. The molecule has 0 saturated heterocycles. The molecule has 0 aromatic rings. The third-order valence-electron chi connectivity index (χ3n) is 4.37. The molecule has 0 unspecified atom stereocenters. The maximum absolute atomic E-state index is 9.69. The molecule has 7 heteroatoms. The number of ether oxygens (including phenoxy) is 1. The summed E-state index contributed by atoms with van der Waals surface area (Å²) in [5.41, 5.74) is 0. The van der Waals surface area contributed by atoms with Gasteiger partial charge in [0.25, 0.3) is 10.2 Å². The zero-order valence-electron chi connectivity index (χ0n) is 13.7. The van der Waals surface area contributed by atoms with Crippen LogP contribution in [0.1, 0.15) is 64.2 Å². The van der Waals surface area contributed by atoms with Crippen molar-refractivity contribution in [2.75, 3.05) is 20.2 Å². The molecule has 128 valence electrons. The summed E-state index contributed by atoms with van der Waals surface area (Å²) in [7, 11) is 1.46. The van der Waals surface area contributed by atoms with E-state index in [0.717, 1.165) is 12.8 Å². The van der Waals surface area contributed by atoms with Gasteiger partial charge in [0.1, 0.15) is 0 Å². The monoisotopic (exact) mass is 315 g/mol. The Morgan fingerprint density at radius 3 is 2.23 bits per heavy atom. The zero-order chi connectivity index (χ0) is 16.2. The molecule has 0 atom stereocenters. The molecule has 1 saturated carbocycles. The van der Waals surface area contributed by atoms with E-state index < -0.39 is 0 Å². The van der Waals surface area contributed by atoms with Gasteiger partial charge in [-0.1, -0.05) is 44.9 Å². The van der Waals surface area contributed by atoms with Crippen LogP contribution in [0.15, 0.2) is 5.28 Å². The lowest BCUT2D eigenvalue weighted by Gasteiger charge is -2.21. The van der Waals surface area contributed by atoms with Gasteiger partial charge in [0.2, 0.25) is 0 Å². The van der Waals surface area contributed by atoms with Crippen LogP contribution in [0, 0.1) is 11.3 Å². The van der Waals surface area contributed by atoms with Gasteiger partial charge < -0.3 is 9.94 Å². The molecule has 0 bridgehead atoms. The molecule has 0 heterocycles. The van der Waals surface area contributed by atoms with Gasteiger partial charge in [0, 0.05) is 6.42 Å². The first-order valence-electron chi connectivity index (χ1n) is 8.37. The van der Waals surface area contributed by atoms with Gasteiger partial charge in [-0.25, -0.2) is 5.21 Å². The SMILES string of the molecule is COC(=N)CCN(CC1CCCCCCCCC1)/[N+](O)=N/O. The topological polar surface area (TPSA) is 92.2 Å². The first kappa shape index (κ1) is 18.5. The molecule has 0 aliphatic heterocycles. The number of hydrogen-bond donors (Lipinski definition) is 3. The highest BCUT2D eigenvalue weighted by atomic mass is 16.6. The van der Waals surface area contributed by atoms with E-state index in [-0.39, 0.29) is 5.90 Å². The molecular formula is C15H31N4O3+. The van der Waals surface area contributed by atoms with Crippen LogP contribution >= 0.6 is 0 Å². The lowest BCUT2D eigenvalue weighted by atomic mass is 9.92. The molecular weight excluding hydrogens is 284 g/mol. The van der Waals surface area contributed by atoms with Crippen molar-refractivity contribution in [3.05, 3.63) is 0 Å². The molecule has 0 radical (unpaired) electrons. The fourth-order valence-electron chi connectivity index (χ4n) is 3.02. The van der Waals surface area contributed by atoms with Crippen molar-refractivity contribution in [1.82, 2.24) is 5.01 Å².